The number of methoxy groups -OCH3 is 1. The number of nitrogens with zero attached hydrogens (tertiary/aromatic N) is 2. The van der Waals surface area contributed by atoms with Crippen molar-refractivity contribution in [3.8, 4) is 11.3 Å². The first-order chi connectivity index (χ1) is 20.5. The quantitative estimate of drug-likeness (QED) is 0.165. The van der Waals surface area contributed by atoms with Gasteiger partial charge in [-0.3, -0.25) is 9.78 Å². The van der Waals surface area contributed by atoms with Crippen LogP contribution in [0.3, 0.4) is 0 Å². The number of ether oxygens (including phenoxy) is 1. The molecule has 9 heteroatoms. The van der Waals surface area contributed by atoms with Crippen molar-refractivity contribution in [3.05, 3.63) is 120 Å². The summed E-state index contributed by atoms with van der Waals surface area (Å²) in [6.07, 6.45) is 1.97. The van der Waals surface area contributed by atoms with Crippen LogP contribution in [0.5, 0.6) is 0 Å². The summed E-state index contributed by atoms with van der Waals surface area (Å²) in [6.45, 7) is 0.375. The number of furan rings is 1. The summed E-state index contributed by atoms with van der Waals surface area (Å²) in [7, 11) is 1.35. The second-order valence-corrected chi connectivity index (χ2v) is 10.3. The molecule has 2 atom stereocenters. The highest BCUT2D eigenvalue weighted by molar-refractivity contribution is 7.80. The van der Waals surface area contributed by atoms with Gasteiger partial charge in [0.15, 0.2) is 5.11 Å². The van der Waals surface area contributed by atoms with Crippen LogP contribution in [0.1, 0.15) is 40.3 Å². The molecule has 210 valence electrons. The van der Waals surface area contributed by atoms with Crippen molar-refractivity contribution >= 4 is 45.7 Å². The van der Waals surface area contributed by atoms with E-state index in [1.807, 2.05) is 89.8 Å². The predicted molar refractivity (Wildman–Crippen MR) is 165 cm³/mol. The van der Waals surface area contributed by atoms with Gasteiger partial charge in [-0.25, -0.2) is 4.79 Å². The molecular weight excluding hydrogens is 548 g/mol. The fourth-order valence-electron chi connectivity index (χ4n) is 5.28. The molecule has 5 aromatic rings. The van der Waals surface area contributed by atoms with Crippen LogP contribution in [-0.2, 0) is 9.53 Å². The van der Waals surface area contributed by atoms with E-state index in [0.29, 0.717) is 28.7 Å². The highest BCUT2D eigenvalue weighted by Gasteiger charge is 2.41. The lowest BCUT2D eigenvalue weighted by molar-refractivity contribution is -0.116. The Labute approximate surface area is 248 Å². The predicted octanol–water partition coefficient (Wildman–Crippen LogP) is 6.28. The number of hydrogen-bond acceptors (Lipinski definition) is 6. The lowest BCUT2D eigenvalue weighted by Gasteiger charge is -2.26. The summed E-state index contributed by atoms with van der Waals surface area (Å²) in [5.74, 6) is 0.817. The van der Waals surface area contributed by atoms with Crippen molar-refractivity contribution in [2.45, 2.75) is 18.5 Å². The van der Waals surface area contributed by atoms with E-state index in [2.05, 4.69) is 15.6 Å². The maximum absolute atomic E-state index is 13.1. The number of thiocarbonyl (C=S) groups is 1. The van der Waals surface area contributed by atoms with Crippen molar-refractivity contribution in [1.29, 1.82) is 0 Å². The van der Waals surface area contributed by atoms with Gasteiger partial charge in [0, 0.05) is 35.8 Å². The second kappa shape index (κ2) is 11.8. The van der Waals surface area contributed by atoms with Gasteiger partial charge in [0.05, 0.1) is 24.4 Å². The molecule has 2 aromatic heterocycles. The Bertz CT molecular complexity index is 1750. The summed E-state index contributed by atoms with van der Waals surface area (Å²) in [5.41, 5.74) is 2.87. The molecule has 3 heterocycles. The van der Waals surface area contributed by atoms with Gasteiger partial charge in [0.1, 0.15) is 17.6 Å². The minimum absolute atomic E-state index is 0.111. The number of hydrogen-bond donors (Lipinski definition) is 2. The number of fused-ring (bicyclic) bond motifs is 1. The molecule has 0 spiro atoms. The van der Waals surface area contributed by atoms with E-state index < -0.39 is 5.97 Å². The zero-order valence-electron chi connectivity index (χ0n) is 22.8. The van der Waals surface area contributed by atoms with Gasteiger partial charge in [-0.1, -0.05) is 54.6 Å². The van der Waals surface area contributed by atoms with Gasteiger partial charge in [0.25, 0.3) is 0 Å². The summed E-state index contributed by atoms with van der Waals surface area (Å²) in [6, 6.07) is 29.8. The van der Waals surface area contributed by atoms with Crippen molar-refractivity contribution < 1.29 is 18.7 Å². The summed E-state index contributed by atoms with van der Waals surface area (Å²) < 4.78 is 11.2. The Kier molecular flexibility index (Phi) is 7.66. The molecule has 1 amide bonds. The molecule has 6 rings (SSSR count). The van der Waals surface area contributed by atoms with E-state index >= 15 is 0 Å². The normalized spacial score (nSPS) is 16.3. The number of carbonyl (C=O) groups is 2. The maximum Gasteiger partial charge on any atom is 0.337 e. The molecule has 1 aliphatic rings. The van der Waals surface area contributed by atoms with Crippen LogP contribution < -0.4 is 10.6 Å². The zero-order valence-corrected chi connectivity index (χ0v) is 23.6. The molecule has 1 fully saturated rings. The van der Waals surface area contributed by atoms with Gasteiger partial charge < -0.3 is 24.7 Å². The van der Waals surface area contributed by atoms with E-state index in [1.165, 1.54) is 7.11 Å². The molecule has 0 saturated carbocycles. The molecule has 2 unspecified atom stereocenters. The Balaban J connectivity index is 1.24. The fourth-order valence-corrected chi connectivity index (χ4v) is 5.61. The van der Waals surface area contributed by atoms with E-state index in [0.717, 1.165) is 27.7 Å². The van der Waals surface area contributed by atoms with Gasteiger partial charge in [-0.2, -0.15) is 0 Å². The van der Waals surface area contributed by atoms with Crippen molar-refractivity contribution in [2.75, 3.05) is 19.0 Å². The zero-order chi connectivity index (χ0) is 29.1. The Morgan fingerprint density at radius 3 is 2.55 bits per heavy atom. The minimum Gasteiger partial charge on any atom is -0.465 e. The number of amides is 1. The van der Waals surface area contributed by atoms with Crippen molar-refractivity contribution in [2.24, 2.45) is 0 Å². The molecule has 0 radical (unpaired) electrons. The van der Waals surface area contributed by atoms with Gasteiger partial charge in [-0.05, 0) is 60.1 Å². The van der Waals surface area contributed by atoms with Crippen LogP contribution in [0.2, 0.25) is 0 Å². The first-order valence-corrected chi connectivity index (χ1v) is 14.0. The highest BCUT2D eigenvalue weighted by Crippen LogP contribution is 2.40. The average Bonchev–Trinajstić information content (AvgIpc) is 3.65. The third-order valence-electron chi connectivity index (χ3n) is 7.35. The molecule has 1 aliphatic heterocycles. The SMILES string of the molecule is COC(=O)c1ccc(-c2ccc(C3C(c4ccccn4)NC(=S)N3CCC(=O)Nc3cccc4ccccc34)o2)cc1. The minimum atomic E-state index is -0.398. The number of aromatic nitrogens is 1. The fraction of sp³-hybridized carbons (Fsp3) is 0.152. The number of carbonyl (C=O) groups excluding carboxylic acids is 2. The smallest absolute Gasteiger partial charge is 0.337 e. The number of pyridine rings is 1. The van der Waals surface area contributed by atoms with Crippen LogP contribution >= 0.6 is 12.2 Å². The molecular formula is C33H28N4O4S. The van der Waals surface area contributed by atoms with E-state index in [4.69, 9.17) is 21.4 Å². The van der Waals surface area contributed by atoms with E-state index in [1.54, 1.807) is 18.3 Å². The highest BCUT2D eigenvalue weighted by atomic mass is 32.1. The van der Waals surface area contributed by atoms with Crippen LogP contribution in [-0.4, -0.2) is 40.5 Å². The van der Waals surface area contributed by atoms with Gasteiger partial charge in [-0.15, -0.1) is 0 Å². The summed E-state index contributed by atoms with van der Waals surface area (Å²) >= 11 is 5.76. The van der Waals surface area contributed by atoms with E-state index in [9.17, 15) is 9.59 Å². The maximum atomic E-state index is 13.1. The number of nitrogens with one attached hydrogen (secondary N) is 2. The molecule has 8 nitrogen and oxygen atoms in total. The monoisotopic (exact) mass is 576 g/mol. The van der Waals surface area contributed by atoms with Crippen LogP contribution in [0.4, 0.5) is 5.69 Å². The topological polar surface area (TPSA) is 96.7 Å². The molecule has 2 N–H and O–H groups in total. The Morgan fingerprint density at radius 1 is 0.976 bits per heavy atom. The lowest BCUT2D eigenvalue weighted by atomic mass is 10.0. The van der Waals surface area contributed by atoms with Crippen molar-refractivity contribution in [1.82, 2.24) is 15.2 Å². The van der Waals surface area contributed by atoms with Gasteiger partial charge >= 0.3 is 5.97 Å². The number of anilines is 1. The first kappa shape index (κ1) is 27.2. The Morgan fingerprint density at radius 2 is 1.76 bits per heavy atom. The largest absolute Gasteiger partial charge is 0.465 e. The standard InChI is InChI=1S/C33H28N4O4S/c1-40-32(39)23-14-12-22(13-15-23)27-16-17-28(41-27)31-30(26-10-4-5-19-34-26)36-33(42)37(31)20-18-29(38)35-25-11-6-8-21-7-2-3-9-24(21)25/h2-17,19,30-31H,18,20H2,1H3,(H,35,38)(H,36,42). The Hall–Kier alpha value is -5.02. The molecule has 3 aromatic carbocycles. The van der Waals surface area contributed by atoms with Gasteiger partial charge in [0.2, 0.25) is 5.91 Å². The summed E-state index contributed by atoms with van der Waals surface area (Å²) in [4.78, 5) is 31.5. The average molecular weight is 577 g/mol. The second-order valence-electron chi connectivity index (χ2n) is 9.92. The third kappa shape index (κ3) is 5.46. The molecule has 0 aliphatic carbocycles. The van der Waals surface area contributed by atoms with E-state index in [-0.39, 0.29) is 24.4 Å². The van der Waals surface area contributed by atoms with Crippen LogP contribution in [0.25, 0.3) is 22.1 Å². The lowest BCUT2D eigenvalue weighted by Crippen LogP contribution is -2.32. The first-order valence-electron chi connectivity index (χ1n) is 13.6. The molecule has 42 heavy (non-hydrogen) atoms. The third-order valence-corrected chi connectivity index (χ3v) is 7.70. The van der Waals surface area contributed by atoms with Crippen LogP contribution in [0, 0.1) is 0 Å². The summed E-state index contributed by atoms with van der Waals surface area (Å²) in [5, 5.41) is 9.03. The number of esters is 1. The molecule has 0 bridgehead atoms. The number of rotatable bonds is 8. The number of benzene rings is 3. The molecule has 1 saturated heterocycles. The van der Waals surface area contributed by atoms with Crippen molar-refractivity contribution in [3.63, 3.8) is 0 Å². The van der Waals surface area contributed by atoms with Crippen LogP contribution in [0.15, 0.2) is 108 Å².